The van der Waals surface area contributed by atoms with Crippen molar-refractivity contribution in [2.75, 3.05) is 20.0 Å². The minimum Gasteiger partial charge on any atom is -0.497 e. The van der Waals surface area contributed by atoms with Crippen LogP contribution in [0.2, 0.25) is 0 Å². The molecule has 7 nitrogen and oxygen atoms in total. The molecule has 0 aromatic heterocycles. The van der Waals surface area contributed by atoms with E-state index in [0.29, 0.717) is 25.1 Å². The van der Waals surface area contributed by atoms with E-state index in [0.717, 1.165) is 55.4 Å². The number of fused-ring (bicyclic) bond motifs is 2. The number of nitrogens with zero attached hydrogens (tertiary/aromatic N) is 1. The van der Waals surface area contributed by atoms with Gasteiger partial charge in [0.25, 0.3) is 5.24 Å². The van der Waals surface area contributed by atoms with Gasteiger partial charge in [0.2, 0.25) is 0 Å². The second-order valence-electron chi connectivity index (χ2n) is 10.1. The SMILES string of the molecule is COc1ccc(CN2C(=O)SC[C@H]2[C@@]2(OC)CC3C[C@@H](CCCCCCC/C(C)=C\C(=O)O3)O2)cc1. The topological polar surface area (TPSA) is 74.3 Å². The Balaban J connectivity index is 1.57. The number of rotatable bonds is 5. The molecule has 3 heterocycles. The smallest absolute Gasteiger partial charge is 0.330 e. The number of ether oxygens (including phenoxy) is 4. The number of hydrogen-bond acceptors (Lipinski definition) is 7. The van der Waals surface area contributed by atoms with Crippen LogP contribution in [0.25, 0.3) is 0 Å². The van der Waals surface area contributed by atoms with Gasteiger partial charge in [0.05, 0.1) is 19.3 Å². The third-order valence-corrected chi connectivity index (χ3v) is 8.45. The van der Waals surface area contributed by atoms with E-state index in [9.17, 15) is 9.59 Å². The first-order valence-electron chi connectivity index (χ1n) is 13.1. The van der Waals surface area contributed by atoms with Crippen molar-refractivity contribution in [3.05, 3.63) is 41.5 Å². The first-order chi connectivity index (χ1) is 17.4. The summed E-state index contributed by atoms with van der Waals surface area (Å²) < 4.78 is 24.0. The van der Waals surface area contributed by atoms with Crippen molar-refractivity contribution >= 4 is 23.0 Å². The van der Waals surface area contributed by atoms with Crippen LogP contribution in [0, 0.1) is 0 Å². The maximum atomic E-state index is 13.0. The van der Waals surface area contributed by atoms with Crippen LogP contribution >= 0.6 is 11.8 Å². The van der Waals surface area contributed by atoms with Crippen molar-refractivity contribution in [1.82, 2.24) is 4.90 Å². The Labute approximate surface area is 218 Å². The summed E-state index contributed by atoms with van der Waals surface area (Å²) in [6.45, 7) is 2.45. The van der Waals surface area contributed by atoms with Crippen molar-refractivity contribution in [1.29, 1.82) is 0 Å². The maximum Gasteiger partial charge on any atom is 0.330 e. The summed E-state index contributed by atoms with van der Waals surface area (Å²) >= 11 is 1.29. The highest BCUT2D eigenvalue weighted by molar-refractivity contribution is 8.13. The molecule has 4 atom stereocenters. The van der Waals surface area contributed by atoms with Gasteiger partial charge in [-0.2, -0.15) is 0 Å². The number of methoxy groups -OCH3 is 2. The fraction of sp³-hybridized carbons (Fsp3) is 0.643. The van der Waals surface area contributed by atoms with Gasteiger partial charge in [0.15, 0.2) is 5.79 Å². The number of hydrogen-bond donors (Lipinski definition) is 0. The lowest BCUT2D eigenvalue weighted by molar-refractivity contribution is -0.305. The van der Waals surface area contributed by atoms with E-state index in [1.54, 1.807) is 20.3 Å². The molecule has 1 amide bonds. The van der Waals surface area contributed by atoms with Gasteiger partial charge in [-0.15, -0.1) is 0 Å². The van der Waals surface area contributed by atoms with Gasteiger partial charge in [0.1, 0.15) is 11.9 Å². The molecular weight excluding hydrogens is 478 g/mol. The third-order valence-electron chi connectivity index (χ3n) is 7.49. The number of esters is 1. The Bertz CT molecular complexity index is 934. The number of carbonyl (C=O) groups excluding carboxylic acids is 2. The fourth-order valence-electron chi connectivity index (χ4n) is 5.52. The van der Waals surface area contributed by atoms with E-state index in [-0.39, 0.29) is 29.5 Å². The lowest BCUT2D eigenvalue weighted by atomic mass is 9.90. The van der Waals surface area contributed by atoms with Crippen molar-refractivity contribution < 1.29 is 28.5 Å². The molecule has 1 unspecified atom stereocenters. The van der Waals surface area contributed by atoms with Crippen molar-refractivity contribution in [3.8, 4) is 5.75 Å². The van der Waals surface area contributed by atoms with E-state index in [1.807, 2.05) is 36.1 Å². The Hall–Kier alpha value is -2.03. The molecule has 2 saturated heterocycles. The molecule has 2 bridgehead atoms. The molecule has 36 heavy (non-hydrogen) atoms. The van der Waals surface area contributed by atoms with Crippen LogP contribution in [-0.2, 0) is 25.5 Å². The summed E-state index contributed by atoms with van der Waals surface area (Å²) in [4.78, 5) is 27.6. The lowest BCUT2D eigenvalue weighted by Gasteiger charge is -2.48. The molecule has 8 heteroatoms. The highest BCUT2D eigenvalue weighted by Gasteiger charge is 2.54. The minimum atomic E-state index is -1.03. The van der Waals surface area contributed by atoms with Crippen molar-refractivity contribution in [3.63, 3.8) is 0 Å². The predicted molar refractivity (Wildman–Crippen MR) is 140 cm³/mol. The monoisotopic (exact) mass is 517 g/mol. The van der Waals surface area contributed by atoms with Gasteiger partial charge in [0, 0.05) is 38.3 Å². The molecule has 1 aromatic carbocycles. The molecule has 3 aliphatic rings. The zero-order chi connectivity index (χ0) is 25.5. The number of carbonyl (C=O) groups is 2. The van der Waals surface area contributed by atoms with Crippen molar-refractivity contribution in [2.24, 2.45) is 0 Å². The van der Waals surface area contributed by atoms with Crippen LogP contribution in [-0.4, -0.2) is 60.1 Å². The van der Waals surface area contributed by atoms with Crippen LogP contribution in [0.3, 0.4) is 0 Å². The molecule has 0 saturated carbocycles. The Morgan fingerprint density at radius 3 is 2.56 bits per heavy atom. The minimum absolute atomic E-state index is 0.00668. The van der Waals surface area contributed by atoms with Crippen molar-refractivity contribution in [2.45, 2.75) is 95.3 Å². The summed E-state index contributed by atoms with van der Waals surface area (Å²) in [7, 11) is 3.28. The quantitative estimate of drug-likeness (QED) is 0.453. The molecule has 0 spiro atoms. The van der Waals surface area contributed by atoms with Gasteiger partial charge in [-0.25, -0.2) is 4.79 Å². The molecule has 0 radical (unpaired) electrons. The Morgan fingerprint density at radius 2 is 1.81 bits per heavy atom. The molecule has 0 aliphatic carbocycles. The first-order valence-corrected chi connectivity index (χ1v) is 14.1. The van der Waals surface area contributed by atoms with E-state index in [2.05, 4.69) is 0 Å². The normalized spacial score (nSPS) is 31.8. The molecule has 1 aromatic rings. The van der Waals surface area contributed by atoms with Crippen LogP contribution in [0.4, 0.5) is 4.79 Å². The number of amides is 1. The Kier molecular flexibility index (Phi) is 9.36. The summed E-state index contributed by atoms with van der Waals surface area (Å²) in [5.41, 5.74) is 2.07. The molecule has 198 valence electrons. The zero-order valence-corrected chi connectivity index (χ0v) is 22.5. The third kappa shape index (κ3) is 6.64. The van der Waals surface area contributed by atoms with E-state index >= 15 is 0 Å². The van der Waals surface area contributed by atoms with Crippen LogP contribution < -0.4 is 4.74 Å². The molecular formula is C28H39NO6S. The van der Waals surface area contributed by atoms with Gasteiger partial charge in [-0.1, -0.05) is 55.2 Å². The lowest BCUT2D eigenvalue weighted by Crippen LogP contribution is -2.60. The second kappa shape index (κ2) is 12.5. The fourth-order valence-corrected chi connectivity index (χ4v) is 6.61. The summed E-state index contributed by atoms with van der Waals surface area (Å²) in [5.74, 6) is 0.00916. The Morgan fingerprint density at radius 1 is 1.06 bits per heavy atom. The van der Waals surface area contributed by atoms with Gasteiger partial charge >= 0.3 is 5.97 Å². The average molecular weight is 518 g/mol. The highest BCUT2D eigenvalue weighted by Crippen LogP contribution is 2.43. The van der Waals surface area contributed by atoms with Crippen LogP contribution in [0.15, 0.2) is 35.9 Å². The average Bonchev–Trinajstić information content (AvgIpc) is 3.23. The molecule has 4 rings (SSSR count). The number of thioether (sulfide) groups is 1. The van der Waals surface area contributed by atoms with E-state index in [4.69, 9.17) is 18.9 Å². The molecule has 2 fully saturated rings. The largest absolute Gasteiger partial charge is 0.497 e. The van der Waals surface area contributed by atoms with Crippen LogP contribution in [0.1, 0.15) is 70.3 Å². The standard InChI is InChI=1S/C28H39NO6S/c1-20-9-7-5-4-6-8-10-23-16-24(34-26(30)15-20)17-28(33-3,35-23)25-19-36-27(31)29(25)18-21-11-13-22(32-2)14-12-21/h11-15,23-25H,4-10,16-19H2,1-3H3/b20-15-/t23-,24?,25+,28-/m1/s1. The second-order valence-corrected chi connectivity index (χ2v) is 11.1. The van der Waals surface area contributed by atoms with E-state index < -0.39 is 5.79 Å². The predicted octanol–water partition coefficient (Wildman–Crippen LogP) is 5.86. The van der Waals surface area contributed by atoms with Gasteiger partial charge in [-0.3, -0.25) is 4.79 Å². The highest BCUT2D eigenvalue weighted by atomic mass is 32.2. The zero-order valence-electron chi connectivity index (χ0n) is 21.7. The van der Waals surface area contributed by atoms with E-state index in [1.165, 1.54) is 18.2 Å². The summed E-state index contributed by atoms with van der Waals surface area (Å²) in [6, 6.07) is 7.45. The molecule has 0 N–H and O–H groups in total. The molecule has 3 aliphatic heterocycles. The summed E-state index contributed by atoms with van der Waals surface area (Å²) in [6.07, 6.45) is 9.76. The van der Waals surface area contributed by atoms with Gasteiger partial charge in [-0.05, 0) is 43.9 Å². The van der Waals surface area contributed by atoms with Gasteiger partial charge < -0.3 is 23.8 Å². The summed E-state index contributed by atoms with van der Waals surface area (Å²) in [5, 5.41) is 0.00668. The number of allylic oxidation sites excluding steroid dienone is 1. The number of benzene rings is 1. The first kappa shape index (κ1) is 27.0. The maximum absolute atomic E-state index is 13.0. The van der Waals surface area contributed by atoms with Crippen LogP contribution in [0.5, 0.6) is 5.75 Å².